The van der Waals surface area contributed by atoms with E-state index in [1.54, 1.807) is 7.11 Å². The summed E-state index contributed by atoms with van der Waals surface area (Å²) < 4.78 is 11.2. The van der Waals surface area contributed by atoms with Crippen molar-refractivity contribution in [2.75, 3.05) is 13.7 Å². The Balaban J connectivity index is 1.96. The van der Waals surface area contributed by atoms with Gasteiger partial charge in [0.15, 0.2) is 11.5 Å². The first-order chi connectivity index (χ1) is 10.2. The van der Waals surface area contributed by atoms with Crippen molar-refractivity contribution >= 4 is 0 Å². The van der Waals surface area contributed by atoms with Gasteiger partial charge in [0.25, 0.3) is 0 Å². The first-order valence-electron chi connectivity index (χ1n) is 7.28. The predicted molar refractivity (Wildman–Crippen MR) is 86.0 cm³/mol. The minimum atomic E-state index is 0.138. The largest absolute Gasteiger partial charge is 0.493 e. The van der Waals surface area contributed by atoms with Gasteiger partial charge in [0.2, 0.25) is 0 Å². The topological polar surface area (TPSA) is 44.5 Å². The molecule has 0 aliphatic heterocycles. The van der Waals surface area contributed by atoms with Crippen molar-refractivity contribution in [3.63, 3.8) is 0 Å². The van der Waals surface area contributed by atoms with Crippen LogP contribution in [0.4, 0.5) is 0 Å². The van der Waals surface area contributed by atoms with Crippen molar-refractivity contribution in [1.29, 1.82) is 0 Å². The van der Waals surface area contributed by atoms with E-state index < -0.39 is 0 Å². The van der Waals surface area contributed by atoms with Gasteiger partial charge >= 0.3 is 0 Å². The van der Waals surface area contributed by atoms with Crippen molar-refractivity contribution in [2.24, 2.45) is 5.73 Å². The molecule has 2 N–H and O–H groups in total. The fraction of sp³-hybridized carbons (Fsp3) is 0.333. The zero-order valence-electron chi connectivity index (χ0n) is 12.7. The smallest absolute Gasteiger partial charge is 0.161 e. The van der Waals surface area contributed by atoms with Gasteiger partial charge in [-0.15, -0.1) is 0 Å². The molecule has 0 saturated heterocycles. The summed E-state index contributed by atoms with van der Waals surface area (Å²) in [5.41, 5.74) is 8.26. The molecule has 0 spiro atoms. The van der Waals surface area contributed by atoms with Gasteiger partial charge in [-0.25, -0.2) is 0 Å². The van der Waals surface area contributed by atoms with Crippen molar-refractivity contribution in [1.82, 2.24) is 0 Å². The molecule has 0 bridgehead atoms. The molecule has 0 heterocycles. The van der Waals surface area contributed by atoms with Crippen molar-refractivity contribution in [2.45, 2.75) is 25.8 Å². The summed E-state index contributed by atoms with van der Waals surface area (Å²) in [5, 5.41) is 0. The number of rotatable bonds is 7. The lowest BCUT2D eigenvalue weighted by Crippen LogP contribution is -2.17. The van der Waals surface area contributed by atoms with Crippen molar-refractivity contribution in [3.8, 4) is 11.5 Å². The van der Waals surface area contributed by atoms with Crippen LogP contribution in [0.25, 0.3) is 0 Å². The fourth-order valence-corrected chi connectivity index (χ4v) is 2.25. The summed E-state index contributed by atoms with van der Waals surface area (Å²) in [5.74, 6) is 1.54. The number of benzene rings is 2. The first-order valence-corrected chi connectivity index (χ1v) is 7.28. The predicted octanol–water partition coefficient (Wildman–Crippen LogP) is 3.21. The van der Waals surface area contributed by atoms with Gasteiger partial charge in [-0.05, 0) is 36.6 Å². The van der Waals surface area contributed by atoms with E-state index in [2.05, 4.69) is 12.1 Å². The Labute approximate surface area is 126 Å². The van der Waals surface area contributed by atoms with Crippen LogP contribution in [0.3, 0.4) is 0 Å². The molecule has 3 heteroatoms. The van der Waals surface area contributed by atoms with Crippen LogP contribution in [0.15, 0.2) is 48.5 Å². The highest BCUT2D eigenvalue weighted by Gasteiger charge is 2.07. The molecular formula is C18H23NO2. The Morgan fingerprint density at radius 1 is 1.00 bits per heavy atom. The normalized spacial score (nSPS) is 12.0. The summed E-state index contributed by atoms with van der Waals surface area (Å²) in [6, 6.07) is 16.5. The van der Waals surface area contributed by atoms with Gasteiger partial charge in [-0.2, -0.15) is 0 Å². The standard InChI is InChI=1S/C18H23NO2/c1-14(19)12-16-8-9-17(18(13-16)20-2)21-11-10-15-6-4-3-5-7-15/h3-9,13-14H,10-12,19H2,1-2H3. The molecule has 1 atom stereocenters. The molecule has 2 aromatic carbocycles. The average molecular weight is 285 g/mol. The highest BCUT2D eigenvalue weighted by Crippen LogP contribution is 2.28. The number of hydrogen-bond donors (Lipinski definition) is 1. The van der Waals surface area contributed by atoms with Crippen LogP contribution >= 0.6 is 0 Å². The zero-order valence-corrected chi connectivity index (χ0v) is 12.7. The van der Waals surface area contributed by atoms with Crippen LogP contribution in [0, 0.1) is 0 Å². The molecule has 0 aliphatic carbocycles. The Morgan fingerprint density at radius 3 is 2.43 bits per heavy atom. The average Bonchev–Trinajstić information content (AvgIpc) is 2.49. The van der Waals surface area contributed by atoms with E-state index in [1.807, 2.05) is 43.3 Å². The van der Waals surface area contributed by atoms with Gasteiger partial charge in [0.05, 0.1) is 13.7 Å². The highest BCUT2D eigenvalue weighted by molar-refractivity contribution is 5.43. The lowest BCUT2D eigenvalue weighted by molar-refractivity contribution is 0.297. The lowest BCUT2D eigenvalue weighted by Gasteiger charge is -2.13. The van der Waals surface area contributed by atoms with E-state index in [4.69, 9.17) is 15.2 Å². The van der Waals surface area contributed by atoms with Gasteiger partial charge in [-0.1, -0.05) is 36.4 Å². The molecule has 3 nitrogen and oxygen atoms in total. The Morgan fingerprint density at radius 2 is 1.76 bits per heavy atom. The third-order valence-corrected chi connectivity index (χ3v) is 3.28. The molecule has 0 radical (unpaired) electrons. The Bertz CT molecular complexity index is 552. The summed E-state index contributed by atoms with van der Waals surface area (Å²) in [6.07, 6.45) is 1.71. The molecule has 2 aromatic rings. The number of nitrogens with two attached hydrogens (primary N) is 1. The maximum Gasteiger partial charge on any atom is 0.161 e. The molecule has 0 aromatic heterocycles. The maximum atomic E-state index is 5.84. The van der Waals surface area contributed by atoms with Crippen molar-refractivity contribution < 1.29 is 9.47 Å². The lowest BCUT2D eigenvalue weighted by atomic mass is 10.1. The highest BCUT2D eigenvalue weighted by atomic mass is 16.5. The van der Waals surface area contributed by atoms with E-state index in [-0.39, 0.29) is 6.04 Å². The van der Waals surface area contributed by atoms with Crippen LogP contribution < -0.4 is 15.2 Å². The Hall–Kier alpha value is -2.00. The second-order valence-electron chi connectivity index (χ2n) is 5.25. The van der Waals surface area contributed by atoms with E-state index in [1.165, 1.54) is 5.56 Å². The molecule has 0 amide bonds. The molecule has 0 fully saturated rings. The first kappa shape index (κ1) is 15.4. The summed E-state index contributed by atoms with van der Waals surface area (Å²) in [7, 11) is 1.66. The number of methoxy groups -OCH3 is 1. The monoisotopic (exact) mass is 285 g/mol. The van der Waals surface area contributed by atoms with E-state index in [9.17, 15) is 0 Å². The number of hydrogen-bond acceptors (Lipinski definition) is 3. The minimum Gasteiger partial charge on any atom is -0.493 e. The van der Waals surface area contributed by atoms with Crippen LogP contribution in [-0.2, 0) is 12.8 Å². The second-order valence-corrected chi connectivity index (χ2v) is 5.25. The molecule has 2 rings (SSSR count). The van der Waals surface area contributed by atoms with Crippen LogP contribution in [-0.4, -0.2) is 19.8 Å². The summed E-state index contributed by atoms with van der Waals surface area (Å²) in [6.45, 7) is 2.63. The molecule has 21 heavy (non-hydrogen) atoms. The van der Waals surface area contributed by atoms with Crippen LogP contribution in [0.2, 0.25) is 0 Å². The molecule has 112 valence electrons. The Kier molecular flexibility index (Phi) is 5.64. The second kappa shape index (κ2) is 7.70. The molecule has 0 aliphatic rings. The van der Waals surface area contributed by atoms with Crippen molar-refractivity contribution in [3.05, 3.63) is 59.7 Å². The summed E-state index contributed by atoms with van der Waals surface area (Å²) in [4.78, 5) is 0. The van der Waals surface area contributed by atoms with Crippen LogP contribution in [0.1, 0.15) is 18.1 Å². The van der Waals surface area contributed by atoms with E-state index in [0.717, 1.165) is 29.9 Å². The maximum absolute atomic E-state index is 5.84. The quantitative estimate of drug-likeness (QED) is 0.849. The summed E-state index contributed by atoms with van der Waals surface area (Å²) >= 11 is 0. The third-order valence-electron chi connectivity index (χ3n) is 3.28. The van der Waals surface area contributed by atoms with E-state index in [0.29, 0.717) is 6.61 Å². The van der Waals surface area contributed by atoms with Gasteiger partial charge in [-0.3, -0.25) is 0 Å². The van der Waals surface area contributed by atoms with Crippen LogP contribution in [0.5, 0.6) is 11.5 Å². The van der Waals surface area contributed by atoms with Gasteiger partial charge < -0.3 is 15.2 Å². The molecule has 0 saturated carbocycles. The molecular weight excluding hydrogens is 262 g/mol. The van der Waals surface area contributed by atoms with Gasteiger partial charge in [0, 0.05) is 12.5 Å². The third kappa shape index (κ3) is 4.80. The minimum absolute atomic E-state index is 0.138. The van der Waals surface area contributed by atoms with E-state index >= 15 is 0 Å². The molecule has 1 unspecified atom stereocenters. The van der Waals surface area contributed by atoms with Gasteiger partial charge in [0.1, 0.15) is 0 Å². The fourth-order valence-electron chi connectivity index (χ4n) is 2.25. The zero-order chi connectivity index (χ0) is 15.1. The SMILES string of the molecule is COc1cc(CC(C)N)ccc1OCCc1ccccc1. The number of ether oxygens (including phenoxy) is 2.